The minimum absolute atomic E-state index is 0.100. The number of aliphatic hydroxyl groups is 1. The molecule has 2 rings (SSSR count). The van der Waals surface area contributed by atoms with Crippen LogP contribution in [0.25, 0.3) is 11.0 Å². The largest absolute Gasteiger partial charge is 0.489 e. The fraction of sp³-hybridized carbons (Fsp3) is 0.300. The molecule has 0 aliphatic heterocycles. The highest BCUT2D eigenvalue weighted by Crippen LogP contribution is 2.20. The Morgan fingerprint density at radius 3 is 3.00 bits per heavy atom. The molecular weight excluding hydrogens is 210 g/mol. The van der Waals surface area contributed by atoms with Crippen LogP contribution in [-0.4, -0.2) is 34.3 Å². The van der Waals surface area contributed by atoms with Gasteiger partial charge in [-0.2, -0.15) is 0 Å². The summed E-state index contributed by atoms with van der Waals surface area (Å²) in [7, 11) is 0. The summed E-state index contributed by atoms with van der Waals surface area (Å²) in [6.07, 6.45) is -0.707. The van der Waals surface area contributed by atoms with Gasteiger partial charge < -0.3 is 25.5 Å². The molecule has 1 aromatic heterocycles. The molecule has 1 atom stereocenters. The quantitative estimate of drug-likeness (QED) is 0.563. The van der Waals surface area contributed by atoms with Crippen LogP contribution in [0.1, 0.15) is 0 Å². The number of aromatic amines is 2. The smallest absolute Gasteiger partial charge is 0.323 e. The molecule has 1 aromatic carbocycles. The number of hydrogen-bond acceptors (Lipinski definition) is 4. The molecule has 0 spiro atoms. The van der Waals surface area contributed by atoms with E-state index in [0.717, 1.165) is 0 Å². The van der Waals surface area contributed by atoms with Crippen LogP contribution in [0.5, 0.6) is 5.75 Å². The number of ether oxygens (including phenoxy) is 1. The van der Waals surface area contributed by atoms with Crippen LogP contribution in [-0.2, 0) is 0 Å². The summed E-state index contributed by atoms with van der Waals surface area (Å²) in [6, 6.07) is 5.24. The van der Waals surface area contributed by atoms with Crippen molar-refractivity contribution in [3.63, 3.8) is 0 Å². The van der Waals surface area contributed by atoms with Gasteiger partial charge in [0.2, 0.25) is 0 Å². The lowest BCUT2D eigenvalue weighted by molar-refractivity contribution is 0.115. The number of aliphatic hydroxyl groups excluding tert-OH is 1. The van der Waals surface area contributed by atoms with E-state index in [1.165, 1.54) is 0 Å². The second kappa shape index (κ2) is 4.38. The zero-order valence-electron chi connectivity index (χ0n) is 8.56. The Morgan fingerprint density at radius 1 is 1.44 bits per heavy atom. The first kappa shape index (κ1) is 10.7. The molecule has 6 heteroatoms. The molecule has 0 saturated carbocycles. The summed E-state index contributed by atoms with van der Waals surface area (Å²) in [5, 5.41) is 9.27. The van der Waals surface area contributed by atoms with E-state index in [-0.39, 0.29) is 18.8 Å². The van der Waals surface area contributed by atoms with Crippen LogP contribution in [0.2, 0.25) is 0 Å². The number of nitrogens with one attached hydrogen (secondary N) is 2. The van der Waals surface area contributed by atoms with Crippen molar-refractivity contribution in [1.82, 2.24) is 9.97 Å². The maximum Gasteiger partial charge on any atom is 0.323 e. The highest BCUT2D eigenvalue weighted by molar-refractivity contribution is 5.80. The van der Waals surface area contributed by atoms with Crippen molar-refractivity contribution in [2.24, 2.45) is 5.73 Å². The first-order valence-corrected chi connectivity index (χ1v) is 4.92. The average Bonchev–Trinajstić information content (AvgIpc) is 2.66. The molecule has 0 saturated heterocycles. The third-order valence-electron chi connectivity index (χ3n) is 2.22. The predicted octanol–water partition coefficient (Wildman–Crippen LogP) is -0.445. The van der Waals surface area contributed by atoms with Gasteiger partial charge in [0, 0.05) is 6.54 Å². The van der Waals surface area contributed by atoms with Crippen molar-refractivity contribution in [2.75, 3.05) is 13.2 Å². The minimum Gasteiger partial charge on any atom is -0.489 e. The molecule has 1 unspecified atom stereocenters. The summed E-state index contributed by atoms with van der Waals surface area (Å²) in [6.45, 7) is 0.239. The van der Waals surface area contributed by atoms with E-state index < -0.39 is 6.10 Å². The number of rotatable bonds is 4. The molecule has 0 fully saturated rings. The third kappa shape index (κ3) is 2.07. The van der Waals surface area contributed by atoms with E-state index in [9.17, 15) is 9.90 Å². The first-order chi connectivity index (χ1) is 7.70. The Kier molecular flexibility index (Phi) is 2.93. The number of imidazole rings is 1. The summed E-state index contributed by atoms with van der Waals surface area (Å²) < 4.78 is 5.37. The van der Waals surface area contributed by atoms with Crippen LogP contribution in [0, 0.1) is 0 Å². The summed E-state index contributed by atoms with van der Waals surface area (Å²) in [4.78, 5) is 16.3. The minimum atomic E-state index is -0.707. The topological polar surface area (TPSA) is 104 Å². The zero-order valence-corrected chi connectivity index (χ0v) is 8.56. The van der Waals surface area contributed by atoms with Crippen LogP contribution in [0.15, 0.2) is 23.0 Å². The molecule has 0 amide bonds. The third-order valence-corrected chi connectivity index (χ3v) is 2.22. The number of aromatic nitrogens is 2. The number of hydrogen-bond donors (Lipinski definition) is 4. The van der Waals surface area contributed by atoms with Gasteiger partial charge >= 0.3 is 5.69 Å². The Labute approximate surface area is 91.0 Å². The zero-order chi connectivity index (χ0) is 11.5. The lowest BCUT2D eigenvalue weighted by Crippen LogP contribution is -2.26. The maximum atomic E-state index is 11.1. The SMILES string of the molecule is NCC(O)COc1cccc2[nH]c(=O)[nH]c12. The first-order valence-electron chi connectivity index (χ1n) is 4.92. The van der Waals surface area contributed by atoms with Gasteiger partial charge in [-0.3, -0.25) is 0 Å². The van der Waals surface area contributed by atoms with Gasteiger partial charge in [-0.15, -0.1) is 0 Å². The number of fused-ring (bicyclic) bond motifs is 1. The van der Waals surface area contributed by atoms with Gasteiger partial charge in [-0.25, -0.2) is 4.79 Å². The van der Waals surface area contributed by atoms with E-state index in [0.29, 0.717) is 16.8 Å². The van der Waals surface area contributed by atoms with Crippen molar-refractivity contribution in [2.45, 2.75) is 6.10 Å². The van der Waals surface area contributed by atoms with Gasteiger partial charge in [0.1, 0.15) is 24.0 Å². The Morgan fingerprint density at radius 2 is 2.25 bits per heavy atom. The number of nitrogens with two attached hydrogens (primary N) is 1. The molecule has 0 aliphatic rings. The summed E-state index contributed by atoms with van der Waals surface area (Å²) in [5.41, 5.74) is 6.24. The molecule has 86 valence electrons. The molecule has 0 bridgehead atoms. The van der Waals surface area contributed by atoms with Crippen LogP contribution in [0.4, 0.5) is 0 Å². The molecule has 0 radical (unpaired) electrons. The van der Waals surface area contributed by atoms with Crippen molar-refractivity contribution in [1.29, 1.82) is 0 Å². The van der Waals surface area contributed by atoms with E-state index >= 15 is 0 Å². The Bertz CT molecular complexity index is 531. The van der Waals surface area contributed by atoms with Crippen LogP contribution in [0.3, 0.4) is 0 Å². The fourth-order valence-electron chi connectivity index (χ4n) is 1.41. The average molecular weight is 223 g/mol. The molecule has 6 nitrogen and oxygen atoms in total. The van der Waals surface area contributed by atoms with Gasteiger partial charge in [0.25, 0.3) is 0 Å². The van der Waals surface area contributed by atoms with E-state index in [1.807, 2.05) is 0 Å². The van der Waals surface area contributed by atoms with Crippen LogP contribution < -0.4 is 16.2 Å². The lowest BCUT2D eigenvalue weighted by Gasteiger charge is -2.10. The highest BCUT2D eigenvalue weighted by atomic mass is 16.5. The highest BCUT2D eigenvalue weighted by Gasteiger charge is 2.07. The van der Waals surface area contributed by atoms with Gasteiger partial charge in [-0.1, -0.05) is 6.07 Å². The van der Waals surface area contributed by atoms with Crippen molar-refractivity contribution in [3.8, 4) is 5.75 Å². The standard InChI is InChI=1S/C10H13N3O3/c11-4-6(14)5-16-8-3-1-2-7-9(8)13-10(15)12-7/h1-3,6,14H,4-5,11H2,(H2,12,13,15). The van der Waals surface area contributed by atoms with Crippen molar-refractivity contribution in [3.05, 3.63) is 28.7 Å². The molecule has 5 N–H and O–H groups in total. The molecule has 16 heavy (non-hydrogen) atoms. The normalized spacial score (nSPS) is 12.9. The monoisotopic (exact) mass is 223 g/mol. The van der Waals surface area contributed by atoms with Gasteiger partial charge in [0.05, 0.1) is 5.52 Å². The Balaban J connectivity index is 2.26. The molecular formula is C10H13N3O3. The van der Waals surface area contributed by atoms with E-state index in [2.05, 4.69) is 9.97 Å². The Hall–Kier alpha value is -1.79. The van der Waals surface area contributed by atoms with Crippen LogP contribution >= 0.6 is 0 Å². The summed E-state index contributed by atoms with van der Waals surface area (Å²) in [5.74, 6) is 0.517. The number of H-pyrrole nitrogens is 2. The fourth-order valence-corrected chi connectivity index (χ4v) is 1.41. The predicted molar refractivity (Wildman–Crippen MR) is 59.5 cm³/mol. The second-order valence-electron chi connectivity index (χ2n) is 3.46. The molecule has 0 aliphatic carbocycles. The van der Waals surface area contributed by atoms with Crippen molar-refractivity contribution >= 4 is 11.0 Å². The summed E-state index contributed by atoms with van der Waals surface area (Å²) >= 11 is 0. The maximum absolute atomic E-state index is 11.1. The number of benzene rings is 1. The molecule has 1 heterocycles. The lowest BCUT2D eigenvalue weighted by atomic mass is 10.3. The van der Waals surface area contributed by atoms with E-state index in [1.54, 1.807) is 18.2 Å². The van der Waals surface area contributed by atoms with Gasteiger partial charge in [-0.05, 0) is 12.1 Å². The second-order valence-corrected chi connectivity index (χ2v) is 3.46. The number of para-hydroxylation sites is 1. The molecule has 2 aromatic rings. The van der Waals surface area contributed by atoms with Gasteiger partial charge in [0.15, 0.2) is 0 Å². The van der Waals surface area contributed by atoms with Crippen molar-refractivity contribution < 1.29 is 9.84 Å². The van der Waals surface area contributed by atoms with E-state index in [4.69, 9.17) is 10.5 Å².